The maximum atomic E-state index is 11.9. The molecule has 0 amide bonds. The number of hydrogen-bond donors (Lipinski definition) is 2. The number of aromatic hydroxyl groups is 1. The lowest BCUT2D eigenvalue weighted by molar-refractivity contribution is -0.218. The highest BCUT2D eigenvalue weighted by atomic mass is 16.7. The Kier molecular flexibility index (Phi) is 4.70. The molecule has 0 radical (unpaired) electrons. The van der Waals surface area contributed by atoms with Crippen LogP contribution in [0.15, 0.2) is 12.1 Å². The van der Waals surface area contributed by atoms with Crippen molar-refractivity contribution < 1.29 is 24.4 Å². The standard InChI is InChI=1S/C22H33NO5/c1-6-22(27-12-14(2)28-22)13-21-9-10-23(4)17(20(21,3)25)11-15-7-8-16(26-5)19(24)18(15)21/h7-8,14,17,24-25H,6,9-13H2,1-5H3/t14?,17-,20?,21-,22?/m1/s1. The number of methoxy groups -OCH3 is 1. The van der Waals surface area contributed by atoms with E-state index in [1.807, 2.05) is 26.0 Å². The van der Waals surface area contributed by atoms with Gasteiger partial charge in [0.1, 0.15) is 0 Å². The molecule has 0 saturated carbocycles. The summed E-state index contributed by atoms with van der Waals surface area (Å²) in [5, 5.41) is 23.1. The third-order valence-electron chi connectivity index (χ3n) is 7.49. The molecule has 6 nitrogen and oxygen atoms in total. The number of phenols is 1. The number of piperidine rings is 1. The van der Waals surface area contributed by atoms with E-state index in [0.717, 1.165) is 17.7 Å². The van der Waals surface area contributed by atoms with Crippen LogP contribution >= 0.6 is 0 Å². The number of rotatable bonds is 4. The average molecular weight is 392 g/mol. The first-order chi connectivity index (χ1) is 13.2. The van der Waals surface area contributed by atoms with E-state index in [2.05, 4.69) is 18.9 Å². The Hall–Kier alpha value is -1.34. The van der Waals surface area contributed by atoms with E-state index in [1.165, 1.54) is 0 Å². The second-order valence-electron chi connectivity index (χ2n) is 9.01. The van der Waals surface area contributed by atoms with Crippen molar-refractivity contribution >= 4 is 0 Å². The summed E-state index contributed by atoms with van der Waals surface area (Å²) >= 11 is 0. The van der Waals surface area contributed by atoms with Gasteiger partial charge in [-0.1, -0.05) is 13.0 Å². The molecule has 28 heavy (non-hydrogen) atoms. The minimum atomic E-state index is -1.04. The fourth-order valence-corrected chi connectivity index (χ4v) is 5.87. The fourth-order valence-electron chi connectivity index (χ4n) is 5.87. The number of fused-ring (bicyclic) bond motifs is 4. The van der Waals surface area contributed by atoms with Crippen LogP contribution in [0.25, 0.3) is 0 Å². The van der Waals surface area contributed by atoms with E-state index < -0.39 is 16.8 Å². The van der Waals surface area contributed by atoms with E-state index in [0.29, 0.717) is 38.0 Å². The molecule has 3 aliphatic rings. The minimum Gasteiger partial charge on any atom is -0.504 e. The van der Waals surface area contributed by atoms with Crippen molar-refractivity contribution in [2.24, 2.45) is 0 Å². The van der Waals surface area contributed by atoms with Crippen molar-refractivity contribution in [2.45, 2.75) is 75.4 Å². The Morgan fingerprint density at radius 1 is 1.36 bits per heavy atom. The summed E-state index contributed by atoms with van der Waals surface area (Å²) in [5.74, 6) is -0.173. The summed E-state index contributed by atoms with van der Waals surface area (Å²) < 4.78 is 17.8. The predicted molar refractivity (Wildman–Crippen MR) is 106 cm³/mol. The lowest BCUT2D eigenvalue weighted by Crippen LogP contribution is -2.70. The van der Waals surface area contributed by atoms with Crippen LogP contribution < -0.4 is 4.74 Å². The number of phenolic OH excluding ortho intramolecular Hbond substituents is 1. The topological polar surface area (TPSA) is 71.4 Å². The second kappa shape index (κ2) is 6.59. The zero-order valence-corrected chi connectivity index (χ0v) is 17.6. The van der Waals surface area contributed by atoms with E-state index >= 15 is 0 Å². The number of ether oxygens (including phenoxy) is 3. The van der Waals surface area contributed by atoms with Crippen LogP contribution in [0, 0.1) is 0 Å². The molecule has 5 atom stereocenters. The number of likely N-dealkylation sites (tertiary alicyclic amines) is 1. The van der Waals surface area contributed by atoms with E-state index in [-0.39, 0.29) is 17.9 Å². The number of benzene rings is 1. The van der Waals surface area contributed by atoms with E-state index in [1.54, 1.807) is 7.11 Å². The molecule has 3 unspecified atom stereocenters. The molecule has 1 aliphatic carbocycles. The van der Waals surface area contributed by atoms with Crippen LogP contribution in [0.5, 0.6) is 11.5 Å². The van der Waals surface area contributed by atoms with E-state index in [4.69, 9.17) is 14.2 Å². The molecule has 2 saturated heterocycles. The lowest BCUT2D eigenvalue weighted by atomic mass is 9.52. The Bertz CT molecular complexity index is 766. The predicted octanol–water partition coefficient (Wildman–Crippen LogP) is 2.58. The van der Waals surface area contributed by atoms with Gasteiger partial charge in [0.15, 0.2) is 17.3 Å². The highest BCUT2D eigenvalue weighted by molar-refractivity contribution is 5.57. The molecular formula is C22H33NO5. The molecule has 1 aromatic carbocycles. The normalized spacial score (nSPS) is 40.4. The van der Waals surface area contributed by atoms with Gasteiger partial charge in [0, 0.05) is 23.4 Å². The third-order valence-corrected chi connectivity index (χ3v) is 7.49. The zero-order valence-electron chi connectivity index (χ0n) is 17.6. The van der Waals surface area contributed by atoms with Gasteiger partial charge in [-0.3, -0.25) is 0 Å². The van der Waals surface area contributed by atoms with Crippen molar-refractivity contribution in [2.75, 3.05) is 27.3 Å². The molecule has 2 aliphatic heterocycles. The van der Waals surface area contributed by atoms with Gasteiger partial charge in [-0.25, -0.2) is 0 Å². The SMILES string of the molecule is CCC1(C[C@]23CCN(C)[C@H](Cc4ccc(OC)c(O)c42)C3(C)O)OCC(C)O1. The smallest absolute Gasteiger partial charge is 0.169 e. The second-order valence-corrected chi connectivity index (χ2v) is 9.01. The molecule has 2 N–H and O–H groups in total. The van der Waals surface area contributed by atoms with Crippen LogP contribution in [-0.4, -0.2) is 66.0 Å². The summed E-state index contributed by atoms with van der Waals surface area (Å²) in [6.07, 6.45) is 2.62. The summed E-state index contributed by atoms with van der Waals surface area (Å²) in [6, 6.07) is 3.81. The van der Waals surface area contributed by atoms with Gasteiger partial charge in [0.25, 0.3) is 0 Å². The molecule has 0 spiro atoms. The maximum absolute atomic E-state index is 11.9. The van der Waals surface area contributed by atoms with E-state index in [9.17, 15) is 10.2 Å². The highest BCUT2D eigenvalue weighted by Crippen LogP contribution is 2.59. The molecule has 2 bridgehead atoms. The van der Waals surface area contributed by atoms with Crippen LogP contribution in [-0.2, 0) is 21.3 Å². The first kappa shape index (κ1) is 20.0. The van der Waals surface area contributed by atoms with Gasteiger partial charge in [0.05, 0.1) is 25.4 Å². The van der Waals surface area contributed by atoms with Crippen LogP contribution in [0.1, 0.15) is 51.2 Å². The van der Waals surface area contributed by atoms with Gasteiger partial charge in [-0.05, 0) is 58.3 Å². The zero-order chi connectivity index (χ0) is 20.3. The maximum Gasteiger partial charge on any atom is 0.169 e. The fraction of sp³-hybridized carbons (Fsp3) is 0.727. The van der Waals surface area contributed by atoms with Crippen molar-refractivity contribution in [3.05, 3.63) is 23.3 Å². The summed E-state index contributed by atoms with van der Waals surface area (Å²) in [7, 11) is 3.63. The quantitative estimate of drug-likeness (QED) is 0.822. The minimum absolute atomic E-state index is 0.0188. The Morgan fingerprint density at radius 2 is 2.11 bits per heavy atom. The molecule has 0 aromatic heterocycles. The highest BCUT2D eigenvalue weighted by Gasteiger charge is 2.64. The number of hydrogen-bond acceptors (Lipinski definition) is 6. The summed E-state index contributed by atoms with van der Waals surface area (Å²) in [5.41, 5.74) is 0.146. The van der Waals surface area contributed by atoms with Crippen molar-refractivity contribution in [3.8, 4) is 11.5 Å². The van der Waals surface area contributed by atoms with Crippen LogP contribution in [0.2, 0.25) is 0 Å². The Morgan fingerprint density at radius 3 is 2.71 bits per heavy atom. The first-order valence-electron chi connectivity index (χ1n) is 10.3. The van der Waals surface area contributed by atoms with Gasteiger partial charge >= 0.3 is 0 Å². The van der Waals surface area contributed by atoms with Crippen LogP contribution in [0.3, 0.4) is 0 Å². The number of nitrogens with zero attached hydrogens (tertiary/aromatic N) is 1. The van der Waals surface area contributed by atoms with Gasteiger partial charge in [-0.2, -0.15) is 0 Å². The van der Waals surface area contributed by atoms with Crippen molar-refractivity contribution in [1.82, 2.24) is 4.90 Å². The summed E-state index contributed by atoms with van der Waals surface area (Å²) in [4.78, 5) is 2.24. The Labute approximate surface area is 167 Å². The largest absolute Gasteiger partial charge is 0.504 e. The molecule has 4 rings (SSSR count). The Balaban J connectivity index is 1.92. The van der Waals surface area contributed by atoms with Crippen molar-refractivity contribution in [1.29, 1.82) is 0 Å². The lowest BCUT2D eigenvalue weighted by Gasteiger charge is -2.61. The summed E-state index contributed by atoms with van der Waals surface area (Å²) in [6.45, 7) is 7.38. The molecule has 1 aromatic rings. The number of aliphatic hydroxyl groups is 1. The first-order valence-corrected chi connectivity index (χ1v) is 10.3. The average Bonchev–Trinajstić information content (AvgIpc) is 3.02. The molecule has 2 fully saturated rings. The van der Waals surface area contributed by atoms with Crippen LogP contribution in [0.4, 0.5) is 0 Å². The monoisotopic (exact) mass is 391 g/mol. The molecular weight excluding hydrogens is 358 g/mol. The van der Waals surface area contributed by atoms with Gasteiger partial charge in [0.2, 0.25) is 0 Å². The third kappa shape index (κ3) is 2.61. The molecule has 2 heterocycles. The molecule has 156 valence electrons. The number of likely N-dealkylation sites (N-methyl/N-ethyl adjacent to an activating group) is 1. The molecule has 6 heteroatoms. The van der Waals surface area contributed by atoms with Gasteiger partial charge in [-0.15, -0.1) is 0 Å². The van der Waals surface area contributed by atoms with Crippen molar-refractivity contribution in [3.63, 3.8) is 0 Å². The van der Waals surface area contributed by atoms with Gasteiger partial charge < -0.3 is 29.3 Å².